The number of aryl methyl sites for hydroxylation is 1. The van der Waals surface area contributed by atoms with Gasteiger partial charge in [-0.3, -0.25) is 14.3 Å². The average molecular weight is 336 g/mol. The van der Waals surface area contributed by atoms with Gasteiger partial charge in [0.25, 0.3) is 0 Å². The number of nitrogens with one attached hydrogen (secondary N) is 3. The van der Waals surface area contributed by atoms with Crippen molar-refractivity contribution >= 4 is 34.8 Å². The van der Waals surface area contributed by atoms with Gasteiger partial charge in [-0.05, 0) is 25.2 Å². The zero-order valence-corrected chi connectivity index (χ0v) is 13.8. The maximum Gasteiger partial charge on any atom is 0.246 e. The monoisotopic (exact) mass is 335 g/mol. The second kappa shape index (κ2) is 7.26. The van der Waals surface area contributed by atoms with Gasteiger partial charge in [0.05, 0.1) is 16.9 Å². The van der Waals surface area contributed by atoms with E-state index in [9.17, 15) is 9.59 Å². The van der Waals surface area contributed by atoms with Gasteiger partial charge in [0.2, 0.25) is 11.8 Å². The molecule has 3 N–H and O–H groups in total. The summed E-state index contributed by atoms with van der Waals surface area (Å²) in [5, 5.41) is 12.8. The number of carbonyl (C=O) groups excluding carboxylic acids is 2. The van der Waals surface area contributed by atoms with Crippen molar-refractivity contribution in [1.29, 1.82) is 0 Å². The van der Waals surface area contributed by atoms with Crippen molar-refractivity contribution in [1.82, 2.24) is 15.1 Å². The topological polar surface area (TPSA) is 88.1 Å². The molecule has 2 rings (SSSR count). The third-order valence-electron chi connectivity index (χ3n) is 3.16. The smallest absolute Gasteiger partial charge is 0.246 e. The number of halogens is 1. The first kappa shape index (κ1) is 17.0. The van der Waals surface area contributed by atoms with Gasteiger partial charge in [0, 0.05) is 31.4 Å². The van der Waals surface area contributed by atoms with E-state index in [1.165, 1.54) is 6.92 Å². The number of amides is 2. The van der Waals surface area contributed by atoms with E-state index in [2.05, 4.69) is 21.0 Å². The first-order valence-electron chi connectivity index (χ1n) is 6.94. The molecule has 0 saturated heterocycles. The summed E-state index contributed by atoms with van der Waals surface area (Å²) in [7, 11) is 3.48. The van der Waals surface area contributed by atoms with Crippen LogP contribution in [0.25, 0.3) is 0 Å². The highest BCUT2D eigenvalue weighted by Gasteiger charge is 2.20. The summed E-state index contributed by atoms with van der Waals surface area (Å²) in [6.45, 7) is 1.40. The predicted octanol–water partition coefficient (Wildman–Crippen LogP) is 1.93. The maximum absolute atomic E-state index is 12.4. The molecule has 2 amide bonds. The normalized spacial score (nSPS) is 11.8. The lowest BCUT2D eigenvalue weighted by molar-refractivity contribution is -0.118. The lowest BCUT2D eigenvalue weighted by Gasteiger charge is -2.15. The molecule has 23 heavy (non-hydrogen) atoms. The molecule has 0 aliphatic rings. The number of rotatable bonds is 5. The second-order valence-corrected chi connectivity index (χ2v) is 5.44. The Morgan fingerprint density at radius 1 is 1.30 bits per heavy atom. The summed E-state index contributed by atoms with van der Waals surface area (Å²) >= 11 is 6.10. The SMILES string of the molecule is CNC(C(=O)Nc1ccc(NC(C)=O)c(Cl)c1)c1cnn(C)c1. The summed E-state index contributed by atoms with van der Waals surface area (Å²) in [5.41, 5.74) is 1.79. The van der Waals surface area contributed by atoms with Crippen molar-refractivity contribution < 1.29 is 9.59 Å². The van der Waals surface area contributed by atoms with Crippen LogP contribution in [0.4, 0.5) is 11.4 Å². The molecule has 0 bridgehead atoms. The third kappa shape index (κ3) is 4.30. The van der Waals surface area contributed by atoms with Gasteiger partial charge in [0.1, 0.15) is 6.04 Å². The zero-order valence-electron chi connectivity index (χ0n) is 13.1. The van der Waals surface area contributed by atoms with Crippen LogP contribution in [0.5, 0.6) is 0 Å². The Labute approximate surface area is 139 Å². The van der Waals surface area contributed by atoms with E-state index in [0.29, 0.717) is 16.4 Å². The van der Waals surface area contributed by atoms with Crippen molar-refractivity contribution in [3.63, 3.8) is 0 Å². The summed E-state index contributed by atoms with van der Waals surface area (Å²) in [4.78, 5) is 23.5. The number of nitrogens with zero attached hydrogens (tertiary/aromatic N) is 2. The van der Waals surface area contributed by atoms with E-state index in [1.54, 1.807) is 49.4 Å². The number of benzene rings is 1. The Bertz CT molecular complexity index is 728. The fourth-order valence-corrected chi connectivity index (χ4v) is 2.36. The molecule has 7 nitrogen and oxygen atoms in total. The maximum atomic E-state index is 12.4. The van der Waals surface area contributed by atoms with Crippen LogP contribution in [0.2, 0.25) is 5.02 Å². The number of carbonyl (C=O) groups is 2. The van der Waals surface area contributed by atoms with E-state index >= 15 is 0 Å². The van der Waals surface area contributed by atoms with Crippen LogP contribution in [0.3, 0.4) is 0 Å². The first-order chi connectivity index (χ1) is 10.9. The molecule has 0 aliphatic carbocycles. The van der Waals surface area contributed by atoms with Crippen LogP contribution >= 0.6 is 11.6 Å². The van der Waals surface area contributed by atoms with Crippen molar-refractivity contribution in [2.24, 2.45) is 7.05 Å². The van der Waals surface area contributed by atoms with E-state index in [1.807, 2.05) is 0 Å². The Hall–Kier alpha value is -2.38. The van der Waals surface area contributed by atoms with E-state index in [4.69, 9.17) is 11.6 Å². The molecule has 0 spiro atoms. The summed E-state index contributed by atoms with van der Waals surface area (Å²) in [6, 6.07) is 4.36. The molecule has 8 heteroatoms. The third-order valence-corrected chi connectivity index (χ3v) is 3.47. The van der Waals surface area contributed by atoms with Crippen LogP contribution in [0.1, 0.15) is 18.5 Å². The van der Waals surface area contributed by atoms with E-state index < -0.39 is 6.04 Å². The molecule has 1 unspecified atom stereocenters. The van der Waals surface area contributed by atoms with Gasteiger partial charge in [-0.15, -0.1) is 0 Å². The van der Waals surface area contributed by atoms with Crippen molar-refractivity contribution in [3.8, 4) is 0 Å². The number of aromatic nitrogens is 2. The first-order valence-corrected chi connectivity index (χ1v) is 7.32. The average Bonchev–Trinajstić information content (AvgIpc) is 2.88. The number of hydrogen-bond donors (Lipinski definition) is 3. The molecule has 0 radical (unpaired) electrons. The molecule has 0 aliphatic heterocycles. The highest BCUT2D eigenvalue weighted by atomic mass is 35.5. The summed E-state index contributed by atoms with van der Waals surface area (Å²) in [6.07, 6.45) is 3.40. The van der Waals surface area contributed by atoms with Gasteiger partial charge in [-0.2, -0.15) is 5.10 Å². The van der Waals surface area contributed by atoms with Gasteiger partial charge in [-0.1, -0.05) is 11.6 Å². The summed E-state index contributed by atoms with van der Waals surface area (Å²) in [5.74, 6) is -0.445. The molecule has 122 valence electrons. The van der Waals surface area contributed by atoms with Gasteiger partial charge < -0.3 is 16.0 Å². The lowest BCUT2D eigenvalue weighted by atomic mass is 10.1. The molecular formula is C15H18ClN5O2. The Balaban J connectivity index is 2.12. The summed E-state index contributed by atoms with van der Waals surface area (Å²) < 4.78 is 1.63. The molecule has 0 saturated carbocycles. The molecule has 1 aromatic heterocycles. The van der Waals surface area contributed by atoms with Crippen molar-refractivity contribution in [2.45, 2.75) is 13.0 Å². The highest BCUT2D eigenvalue weighted by molar-refractivity contribution is 6.34. The standard InChI is InChI=1S/C15H18ClN5O2/c1-9(22)19-13-5-4-11(6-12(13)16)20-15(23)14(17-2)10-7-18-21(3)8-10/h4-8,14,17H,1-3H3,(H,19,22)(H,20,23). The predicted molar refractivity (Wildman–Crippen MR) is 89.4 cm³/mol. The van der Waals surface area contributed by atoms with E-state index in [0.717, 1.165) is 5.56 Å². The van der Waals surface area contributed by atoms with Crippen molar-refractivity contribution in [2.75, 3.05) is 17.7 Å². The molecular weight excluding hydrogens is 318 g/mol. The molecule has 1 aromatic carbocycles. The highest BCUT2D eigenvalue weighted by Crippen LogP contribution is 2.26. The van der Waals surface area contributed by atoms with Crippen LogP contribution < -0.4 is 16.0 Å². The molecule has 2 aromatic rings. The second-order valence-electron chi connectivity index (χ2n) is 5.03. The minimum atomic E-state index is -0.530. The van der Waals surface area contributed by atoms with Crippen molar-refractivity contribution in [3.05, 3.63) is 41.2 Å². The fraction of sp³-hybridized carbons (Fsp3) is 0.267. The van der Waals surface area contributed by atoms with Crippen LogP contribution in [-0.2, 0) is 16.6 Å². The minimum absolute atomic E-state index is 0.212. The molecule has 1 atom stereocenters. The Kier molecular flexibility index (Phi) is 5.36. The number of anilines is 2. The van der Waals surface area contributed by atoms with E-state index in [-0.39, 0.29) is 11.8 Å². The van der Waals surface area contributed by atoms with Gasteiger partial charge >= 0.3 is 0 Å². The lowest BCUT2D eigenvalue weighted by Crippen LogP contribution is -2.30. The Morgan fingerprint density at radius 2 is 2.04 bits per heavy atom. The van der Waals surface area contributed by atoms with Crippen LogP contribution in [0, 0.1) is 0 Å². The fourth-order valence-electron chi connectivity index (χ4n) is 2.14. The number of hydrogen-bond acceptors (Lipinski definition) is 4. The minimum Gasteiger partial charge on any atom is -0.325 e. The van der Waals surface area contributed by atoms with Gasteiger partial charge in [-0.25, -0.2) is 0 Å². The van der Waals surface area contributed by atoms with Gasteiger partial charge in [0.15, 0.2) is 0 Å². The van der Waals surface area contributed by atoms with Crippen LogP contribution in [0.15, 0.2) is 30.6 Å². The Morgan fingerprint density at radius 3 is 2.57 bits per heavy atom. The molecule has 0 fully saturated rings. The molecule has 1 heterocycles. The zero-order chi connectivity index (χ0) is 17.0. The van der Waals surface area contributed by atoms with Crippen LogP contribution in [-0.4, -0.2) is 28.6 Å². The quantitative estimate of drug-likeness (QED) is 0.779. The largest absolute Gasteiger partial charge is 0.325 e. The number of likely N-dealkylation sites (N-methyl/N-ethyl adjacent to an activating group) is 1.